The highest BCUT2D eigenvalue weighted by atomic mass is 19.1. The van der Waals surface area contributed by atoms with Crippen LogP contribution in [0.1, 0.15) is 43.1 Å². The molecular weight excluding hydrogens is 297 g/mol. The summed E-state index contributed by atoms with van der Waals surface area (Å²) in [6, 6.07) is 5.69. The Morgan fingerprint density at radius 3 is 2.83 bits per heavy atom. The van der Waals surface area contributed by atoms with E-state index in [9.17, 15) is 14.3 Å². The Labute approximate surface area is 133 Å². The van der Waals surface area contributed by atoms with Crippen molar-refractivity contribution in [2.45, 2.75) is 39.2 Å². The van der Waals surface area contributed by atoms with Gasteiger partial charge in [0.2, 0.25) is 0 Å². The van der Waals surface area contributed by atoms with Gasteiger partial charge >= 0.3 is 11.7 Å². The lowest BCUT2D eigenvalue weighted by molar-refractivity contribution is -0.711. The lowest BCUT2D eigenvalue weighted by Crippen LogP contribution is -2.36. The molecule has 3 aromatic rings. The monoisotopic (exact) mass is 315 g/mol. The van der Waals surface area contributed by atoms with E-state index in [-0.39, 0.29) is 0 Å². The Balaban J connectivity index is 2.21. The molecule has 0 saturated heterocycles. The zero-order chi connectivity index (χ0) is 16.4. The fourth-order valence-electron chi connectivity index (χ4n) is 2.91. The molecule has 0 unspecified atom stereocenters. The van der Waals surface area contributed by atoms with Crippen LogP contribution in [0.5, 0.6) is 5.88 Å². The van der Waals surface area contributed by atoms with E-state index < -0.39 is 17.6 Å². The number of hydrogen-bond acceptors (Lipinski definition) is 3. The maximum atomic E-state index is 13.4. The molecule has 0 fully saturated rings. The summed E-state index contributed by atoms with van der Waals surface area (Å²) in [4.78, 5) is 11.3. The van der Waals surface area contributed by atoms with Gasteiger partial charge in [0.25, 0.3) is 5.69 Å². The van der Waals surface area contributed by atoms with E-state index in [1.165, 1.54) is 10.8 Å². The molecule has 0 saturated carbocycles. The molecule has 1 aromatic carbocycles. The summed E-state index contributed by atoms with van der Waals surface area (Å²) in [6.45, 7) is 2.56. The highest BCUT2D eigenvalue weighted by Crippen LogP contribution is 2.22. The lowest BCUT2D eigenvalue weighted by Gasteiger charge is -2.05. The van der Waals surface area contributed by atoms with Crippen LogP contribution in [-0.2, 0) is 6.54 Å². The second kappa shape index (κ2) is 6.32. The maximum absolute atomic E-state index is 13.4. The van der Waals surface area contributed by atoms with Crippen LogP contribution in [0.2, 0.25) is 0 Å². The molecule has 23 heavy (non-hydrogen) atoms. The van der Waals surface area contributed by atoms with Crippen molar-refractivity contribution in [1.82, 2.24) is 9.61 Å². The largest absolute Gasteiger partial charge is 0.839 e. The number of aromatic nitrogens is 3. The molecule has 0 spiro atoms. The Morgan fingerprint density at radius 1 is 1.30 bits per heavy atom. The van der Waals surface area contributed by atoms with Crippen LogP contribution in [-0.4, -0.2) is 15.7 Å². The normalized spacial score (nSPS) is 11.4. The highest BCUT2D eigenvalue weighted by Gasteiger charge is 2.28. The summed E-state index contributed by atoms with van der Waals surface area (Å²) in [7, 11) is 0. The minimum atomic E-state index is -1.75. The Morgan fingerprint density at radius 2 is 2.09 bits per heavy atom. The predicted molar refractivity (Wildman–Crippen MR) is 81.9 cm³/mol. The fraction of sp³-hybridized carbons (Fsp3) is 0.353. The Kier molecular flexibility index (Phi) is 4.23. The number of hydrogen-bond donors (Lipinski definition) is 0. The molecule has 0 radical (unpaired) electrons. The number of rotatable bonds is 6. The van der Waals surface area contributed by atoms with E-state index in [1.807, 2.05) is 24.3 Å². The van der Waals surface area contributed by atoms with E-state index in [0.29, 0.717) is 12.2 Å². The maximum Gasteiger partial charge on any atom is 0.376 e. The van der Waals surface area contributed by atoms with Gasteiger partial charge in [0, 0.05) is 5.39 Å². The Bertz CT molecular complexity index is 873. The highest BCUT2D eigenvalue weighted by molar-refractivity contribution is 5.95. The zero-order valence-corrected chi connectivity index (χ0v) is 13.0. The first kappa shape index (κ1) is 15.4. The van der Waals surface area contributed by atoms with Gasteiger partial charge in [-0.3, -0.25) is 4.79 Å². The number of imidazole rings is 1. The minimum Gasteiger partial charge on any atom is -0.839 e. The first-order chi connectivity index (χ1) is 11.1. The van der Waals surface area contributed by atoms with Crippen molar-refractivity contribution in [1.29, 1.82) is 0 Å². The summed E-state index contributed by atoms with van der Waals surface area (Å²) in [5.74, 6) is -0.613. The third-order valence-corrected chi connectivity index (χ3v) is 4.05. The third kappa shape index (κ3) is 2.65. The van der Waals surface area contributed by atoms with Crippen molar-refractivity contribution in [3.05, 3.63) is 36.2 Å². The van der Waals surface area contributed by atoms with E-state index in [4.69, 9.17) is 0 Å². The number of carbonyl (C=O) groups is 1. The topological polar surface area (TPSA) is 61.3 Å². The molecule has 0 aliphatic rings. The van der Waals surface area contributed by atoms with Crippen molar-refractivity contribution in [2.75, 3.05) is 0 Å². The number of benzene rings is 1. The second-order valence-corrected chi connectivity index (χ2v) is 5.61. The van der Waals surface area contributed by atoms with Gasteiger partial charge in [-0.05, 0) is 18.9 Å². The van der Waals surface area contributed by atoms with E-state index in [0.717, 1.165) is 41.0 Å². The van der Waals surface area contributed by atoms with Crippen molar-refractivity contribution >= 4 is 22.5 Å². The quantitative estimate of drug-likeness (QED) is 0.399. The number of halogens is 1. The van der Waals surface area contributed by atoms with Crippen molar-refractivity contribution in [3.8, 4) is 5.88 Å². The van der Waals surface area contributed by atoms with Gasteiger partial charge in [0.1, 0.15) is 5.88 Å². The van der Waals surface area contributed by atoms with E-state index in [1.54, 1.807) is 0 Å². The molecule has 0 aliphatic heterocycles. The molecule has 6 heteroatoms. The van der Waals surface area contributed by atoms with Gasteiger partial charge in [-0.2, -0.15) is 4.39 Å². The summed E-state index contributed by atoms with van der Waals surface area (Å²) in [5.41, 5.74) is -0.0492. The molecule has 120 valence electrons. The summed E-state index contributed by atoms with van der Waals surface area (Å²) in [6.07, 6.45) is 5.49. The SMILES string of the molecule is CCCCCC[n+]1c([O-])c(C(=O)F)n2ncc3ccccc3c21. The Hall–Kier alpha value is -2.50. The van der Waals surface area contributed by atoms with Gasteiger partial charge in [-0.25, -0.2) is 4.57 Å². The van der Waals surface area contributed by atoms with Crippen molar-refractivity contribution in [3.63, 3.8) is 0 Å². The molecule has 0 amide bonds. The lowest BCUT2D eigenvalue weighted by atomic mass is 10.2. The van der Waals surface area contributed by atoms with Crippen molar-refractivity contribution in [2.24, 2.45) is 0 Å². The van der Waals surface area contributed by atoms with Crippen LogP contribution in [0.3, 0.4) is 0 Å². The van der Waals surface area contributed by atoms with Gasteiger partial charge < -0.3 is 5.11 Å². The number of nitrogens with zero attached hydrogens (tertiary/aromatic N) is 3. The summed E-state index contributed by atoms with van der Waals surface area (Å²) >= 11 is 0. The van der Waals surface area contributed by atoms with Crippen LogP contribution in [0.4, 0.5) is 4.39 Å². The summed E-state index contributed by atoms with van der Waals surface area (Å²) < 4.78 is 16.0. The molecule has 0 N–H and O–H groups in total. The average Bonchev–Trinajstić information content (AvgIpc) is 2.84. The first-order valence-corrected chi connectivity index (χ1v) is 7.84. The van der Waals surface area contributed by atoms with Crippen molar-refractivity contribution < 1.29 is 18.9 Å². The molecule has 3 rings (SSSR count). The molecule has 0 bridgehead atoms. The number of unbranched alkanes of at least 4 members (excludes halogenated alkanes) is 3. The molecule has 0 aliphatic carbocycles. The van der Waals surface area contributed by atoms with E-state index >= 15 is 0 Å². The number of carbonyl (C=O) groups excluding carboxylic acids is 1. The van der Waals surface area contributed by atoms with Crippen LogP contribution in [0.25, 0.3) is 16.4 Å². The zero-order valence-electron chi connectivity index (χ0n) is 13.0. The second-order valence-electron chi connectivity index (χ2n) is 5.61. The van der Waals surface area contributed by atoms with Gasteiger partial charge in [-0.1, -0.05) is 47.6 Å². The first-order valence-electron chi connectivity index (χ1n) is 7.84. The van der Waals surface area contributed by atoms with Crippen LogP contribution in [0, 0.1) is 0 Å². The van der Waals surface area contributed by atoms with E-state index in [2.05, 4.69) is 12.0 Å². The van der Waals surface area contributed by atoms with Crippen LogP contribution < -0.4 is 9.67 Å². The fourth-order valence-corrected chi connectivity index (χ4v) is 2.91. The smallest absolute Gasteiger partial charge is 0.376 e. The van der Waals surface area contributed by atoms with Gasteiger partial charge in [-0.15, -0.1) is 0 Å². The van der Waals surface area contributed by atoms with Gasteiger partial charge in [0.05, 0.1) is 18.1 Å². The minimum absolute atomic E-state index is 0.450. The third-order valence-electron chi connectivity index (χ3n) is 4.05. The predicted octanol–water partition coefficient (Wildman–Crippen LogP) is 2.54. The standard InChI is InChI=1S/C17H18FN3O2/c1-2-3-4-7-10-20-16-13-9-6-5-8-12(13)11-19-21(16)14(15(18)22)17(20)23/h5-6,8-9,11H,2-4,7,10H2,1H3. The molecule has 2 aromatic heterocycles. The average molecular weight is 315 g/mol. The van der Waals surface area contributed by atoms with Crippen LogP contribution >= 0.6 is 0 Å². The number of aryl methyl sites for hydroxylation is 1. The molecule has 5 nitrogen and oxygen atoms in total. The molecular formula is C17H18FN3O2. The van der Waals surface area contributed by atoms with Crippen LogP contribution in [0.15, 0.2) is 30.5 Å². The summed E-state index contributed by atoms with van der Waals surface area (Å²) in [5, 5.41) is 18.2. The molecule has 0 atom stereocenters. The number of fused-ring (bicyclic) bond motifs is 3. The molecule has 2 heterocycles. The van der Waals surface area contributed by atoms with Gasteiger partial charge in [0.15, 0.2) is 0 Å².